The topological polar surface area (TPSA) is 77.5 Å². The third-order valence-electron chi connectivity index (χ3n) is 2.86. The van der Waals surface area contributed by atoms with Gasteiger partial charge in [0.15, 0.2) is 5.41 Å². The summed E-state index contributed by atoms with van der Waals surface area (Å²) in [6.45, 7) is 0.403. The molecule has 1 N–H and O–H groups in total. The van der Waals surface area contributed by atoms with Crippen molar-refractivity contribution < 1.29 is 19.1 Å². The predicted molar refractivity (Wildman–Crippen MR) is 61.4 cm³/mol. The number of carbonyl (C=O) groups is 2. The van der Waals surface area contributed by atoms with Crippen molar-refractivity contribution in [2.24, 2.45) is 5.41 Å². The lowest BCUT2D eigenvalue weighted by Gasteiger charge is -2.36. The molecule has 96 valence electrons. The highest BCUT2D eigenvalue weighted by Crippen LogP contribution is 2.29. The Hall–Kier alpha value is -1.95. The summed E-state index contributed by atoms with van der Waals surface area (Å²) >= 11 is 0. The molecule has 1 aromatic heterocycles. The van der Waals surface area contributed by atoms with E-state index in [0.29, 0.717) is 0 Å². The molecular formula is C12H14N2O4. The highest BCUT2D eigenvalue weighted by atomic mass is 16.5. The number of methoxy groups -OCH3 is 1. The van der Waals surface area contributed by atoms with Crippen LogP contribution >= 0.6 is 0 Å². The Kier molecular flexibility index (Phi) is 3.57. The van der Waals surface area contributed by atoms with Gasteiger partial charge in [-0.2, -0.15) is 0 Å². The van der Waals surface area contributed by atoms with E-state index in [0.717, 1.165) is 5.69 Å². The van der Waals surface area contributed by atoms with Crippen molar-refractivity contribution in [3.8, 4) is 0 Å². The highest BCUT2D eigenvalue weighted by Gasteiger charge is 2.53. The highest BCUT2D eigenvalue weighted by molar-refractivity contribution is 6.03. The Morgan fingerprint density at radius 3 is 2.78 bits per heavy atom. The lowest BCUT2D eigenvalue weighted by Crippen LogP contribution is -2.59. The van der Waals surface area contributed by atoms with Gasteiger partial charge in [-0.1, -0.05) is 6.07 Å². The molecule has 1 saturated heterocycles. The van der Waals surface area contributed by atoms with E-state index in [4.69, 9.17) is 4.74 Å². The van der Waals surface area contributed by atoms with Crippen molar-refractivity contribution in [2.75, 3.05) is 20.3 Å². The number of amides is 1. The number of hydrogen-bond acceptors (Lipinski definition) is 5. The Balaban J connectivity index is 1.97. The zero-order valence-electron chi connectivity index (χ0n) is 10.0. The second-order valence-corrected chi connectivity index (χ2v) is 4.07. The van der Waals surface area contributed by atoms with E-state index in [9.17, 15) is 9.59 Å². The number of carbonyl (C=O) groups excluding carboxylic acids is 2. The Morgan fingerprint density at radius 2 is 2.28 bits per heavy atom. The van der Waals surface area contributed by atoms with Gasteiger partial charge in [0.05, 0.1) is 32.6 Å². The van der Waals surface area contributed by atoms with Gasteiger partial charge in [-0.15, -0.1) is 0 Å². The average molecular weight is 250 g/mol. The Labute approximate surface area is 104 Å². The average Bonchev–Trinajstić information content (AvgIpc) is 2.36. The van der Waals surface area contributed by atoms with Crippen molar-refractivity contribution in [2.45, 2.75) is 6.54 Å². The molecule has 0 saturated carbocycles. The maximum absolute atomic E-state index is 12.0. The number of ether oxygens (including phenoxy) is 2. The fraction of sp³-hybridized carbons (Fsp3) is 0.417. The Morgan fingerprint density at radius 1 is 1.50 bits per heavy atom. The molecule has 0 atom stereocenters. The molecule has 1 amide bonds. The van der Waals surface area contributed by atoms with Crippen molar-refractivity contribution in [1.29, 1.82) is 0 Å². The molecule has 6 nitrogen and oxygen atoms in total. The van der Waals surface area contributed by atoms with Gasteiger partial charge in [-0.25, -0.2) is 0 Å². The zero-order chi connectivity index (χ0) is 13.0. The van der Waals surface area contributed by atoms with Crippen LogP contribution < -0.4 is 5.32 Å². The van der Waals surface area contributed by atoms with Gasteiger partial charge in [0.1, 0.15) is 0 Å². The lowest BCUT2D eigenvalue weighted by molar-refractivity contribution is -0.188. The summed E-state index contributed by atoms with van der Waals surface area (Å²) in [6, 6.07) is 5.42. The third kappa shape index (κ3) is 2.19. The number of esters is 1. The molecule has 6 heteroatoms. The molecule has 0 bridgehead atoms. The maximum Gasteiger partial charge on any atom is 0.326 e. The van der Waals surface area contributed by atoms with E-state index in [1.165, 1.54) is 7.11 Å². The summed E-state index contributed by atoms with van der Waals surface area (Å²) in [6.07, 6.45) is 1.64. The molecule has 0 spiro atoms. The van der Waals surface area contributed by atoms with Crippen LogP contribution in [0.25, 0.3) is 0 Å². The van der Waals surface area contributed by atoms with Crippen LogP contribution in [0.3, 0.4) is 0 Å². The van der Waals surface area contributed by atoms with Crippen LogP contribution in [0.2, 0.25) is 0 Å². The molecular weight excluding hydrogens is 236 g/mol. The first-order valence-corrected chi connectivity index (χ1v) is 5.53. The minimum atomic E-state index is -1.19. The second-order valence-electron chi connectivity index (χ2n) is 4.07. The van der Waals surface area contributed by atoms with Crippen molar-refractivity contribution in [3.05, 3.63) is 30.1 Å². The lowest BCUT2D eigenvalue weighted by atomic mass is 9.85. The van der Waals surface area contributed by atoms with Crippen LogP contribution in [-0.4, -0.2) is 37.2 Å². The SMILES string of the molecule is COC(=O)C1(C(=O)NCc2ccccn2)COC1. The summed E-state index contributed by atoms with van der Waals surface area (Å²) in [5.41, 5.74) is -0.463. The molecule has 1 aromatic rings. The molecule has 0 aromatic carbocycles. The van der Waals surface area contributed by atoms with Crippen molar-refractivity contribution >= 4 is 11.9 Å². The minimum Gasteiger partial charge on any atom is -0.468 e. The number of hydrogen-bond donors (Lipinski definition) is 1. The van der Waals surface area contributed by atoms with Crippen molar-refractivity contribution in [3.63, 3.8) is 0 Å². The summed E-state index contributed by atoms with van der Waals surface area (Å²) in [4.78, 5) is 27.7. The van der Waals surface area contributed by atoms with E-state index >= 15 is 0 Å². The van der Waals surface area contributed by atoms with Crippen LogP contribution in [0.4, 0.5) is 0 Å². The van der Waals surface area contributed by atoms with Crippen LogP contribution in [0.15, 0.2) is 24.4 Å². The quantitative estimate of drug-likeness (QED) is 0.596. The summed E-state index contributed by atoms with van der Waals surface area (Å²) in [5, 5.41) is 2.67. The molecule has 1 aliphatic rings. The fourth-order valence-corrected chi connectivity index (χ4v) is 1.69. The molecule has 0 aliphatic carbocycles. The molecule has 2 heterocycles. The van der Waals surface area contributed by atoms with E-state index in [2.05, 4.69) is 15.0 Å². The molecule has 2 rings (SSSR count). The van der Waals surface area contributed by atoms with Gasteiger partial charge < -0.3 is 14.8 Å². The van der Waals surface area contributed by atoms with Crippen LogP contribution in [0.5, 0.6) is 0 Å². The first-order chi connectivity index (χ1) is 8.69. The first kappa shape index (κ1) is 12.5. The molecule has 1 fully saturated rings. The summed E-state index contributed by atoms with van der Waals surface area (Å²) in [7, 11) is 1.26. The van der Waals surface area contributed by atoms with Gasteiger partial charge in [0, 0.05) is 6.20 Å². The second kappa shape index (κ2) is 5.14. The van der Waals surface area contributed by atoms with E-state index in [1.807, 2.05) is 6.07 Å². The van der Waals surface area contributed by atoms with Gasteiger partial charge in [-0.3, -0.25) is 14.6 Å². The standard InChI is InChI=1S/C12H14N2O4/c1-17-11(16)12(7-18-8-12)10(15)14-6-9-4-2-3-5-13-9/h2-5H,6-8H2,1H3,(H,14,15). The van der Waals surface area contributed by atoms with Gasteiger partial charge >= 0.3 is 5.97 Å². The largest absolute Gasteiger partial charge is 0.468 e. The number of nitrogens with one attached hydrogen (secondary N) is 1. The van der Waals surface area contributed by atoms with Crippen LogP contribution in [0, 0.1) is 5.41 Å². The van der Waals surface area contributed by atoms with Gasteiger partial charge in [-0.05, 0) is 12.1 Å². The molecule has 18 heavy (non-hydrogen) atoms. The van der Waals surface area contributed by atoms with Gasteiger partial charge in [0.25, 0.3) is 0 Å². The first-order valence-electron chi connectivity index (χ1n) is 5.53. The van der Waals surface area contributed by atoms with Crippen molar-refractivity contribution in [1.82, 2.24) is 10.3 Å². The molecule has 1 aliphatic heterocycles. The summed E-state index contributed by atoms with van der Waals surface area (Å²) in [5.74, 6) is -0.946. The number of aromatic nitrogens is 1. The fourth-order valence-electron chi connectivity index (χ4n) is 1.69. The van der Waals surface area contributed by atoms with Gasteiger partial charge in [0.2, 0.25) is 5.91 Å². The Bertz CT molecular complexity index is 443. The monoisotopic (exact) mass is 250 g/mol. The number of rotatable bonds is 4. The van der Waals surface area contributed by atoms with E-state index < -0.39 is 11.4 Å². The normalized spacial score (nSPS) is 16.5. The minimum absolute atomic E-state index is 0.0632. The summed E-state index contributed by atoms with van der Waals surface area (Å²) < 4.78 is 9.59. The van der Waals surface area contributed by atoms with Crippen LogP contribution in [-0.2, 0) is 25.6 Å². The van der Waals surface area contributed by atoms with Crippen LogP contribution in [0.1, 0.15) is 5.69 Å². The zero-order valence-corrected chi connectivity index (χ0v) is 10.0. The van der Waals surface area contributed by atoms with E-state index in [-0.39, 0.29) is 25.7 Å². The molecule has 0 radical (unpaired) electrons. The van der Waals surface area contributed by atoms with E-state index in [1.54, 1.807) is 18.3 Å². The maximum atomic E-state index is 12.0. The third-order valence-corrected chi connectivity index (χ3v) is 2.86. The molecule has 0 unspecified atom stereocenters. The predicted octanol–water partition coefficient (Wildman–Crippen LogP) is -0.113. The number of pyridine rings is 1. The number of nitrogens with zero attached hydrogens (tertiary/aromatic N) is 1. The smallest absolute Gasteiger partial charge is 0.326 e.